The monoisotopic (exact) mass is 290 g/mol. The van der Waals surface area contributed by atoms with Crippen LogP contribution in [-0.4, -0.2) is 60.5 Å². The summed E-state index contributed by atoms with van der Waals surface area (Å²) in [6.45, 7) is 4.70. The van der Waals surface area contributed by atoms with Crippen LogP contribution in [0.15, 0.2) is 18.3 Å². The van der Waals surface area contributed by atoms with Crippen LogP contribution in [0.4, 0.5) is 5.82 Å². The molecule has 116 valence electrons. The molecule has 1 atom stereocenters. The van der Waals surface area contributed by atoms with Crippen LogP contribution in [0.25, 0.3) is 0 Å². The molecular weight excluding hydrogens is 264 g/mol. The van der Waals surface area contributed by atoms with Crippen molar-refractivity contribution in [3.05, 3.63) is 23.9 Å². The number of nitrogens with one attached hydrogen (secondary N) is 1. The van der Waals surface area contributed by atoms with Gasteiger partial charge in [0.15, 0.2) is 0 Å². The van der Waals surface area contributed by atoms with E-state index in [2.05, 4.69) is 36.2 Å². The van der Waals surface area contributed by atoms with E-state index in [9.17, 15) is 4.79 Å². The number of anilines is 1. The highest BCUT2D eigenvalue weighted by molar-refractivity contribution is 5.99. The molecule has 1 aliphatic rings. The van der Waals surface area contributed by atoms with E-state index in [0.717, 1.165) is 38.9 Å². The number of likely N-dealkylation sites (tertiary alicyclic amines) is 1. The highest BCUT2D eigenvalue weighted by Crippen LogP contribution is 2.23. The second kappa shape index (κ2) is 7.41. The van der Waals surface area contributed by atoms with Crippen molar-refractivity contribution in [3.63, 3.8) is 0 Å². The van der Waals surface area contributed by atoms with Crippen molar-refractivity contribution in [2.75, 3.05) is 39.0 Å². The molecule has 1 fully saturated rings. The largest absolute Gasteiger partial charge is 0.369 e. The Morgan fingerprint density at radius 3 is 3.05 bits per heavy atom. The van der Waals surface area contributed by atoms with Gasteiger partial charge in [-0.15, -0.1) is 0 Å². The average molecular weight is 290 g/mol. The molecule has 1 saturated heterocycles. The van der Waals surface area contributed by atoms with Crippen molar-refractivity contribution < 1.29 is 4.79 Å². The summed E-state index contributed by atoms with van der Waals surface area (Å²) in [5.74, 6) is 0.811. The maximum Gasteiger partial charge on any atom is 0.257 e. The predicted molar refractivity (Wildman–Crippen MR) is 85.6 cm³/mol. The van der Waals surface area contributed by atoms with Gasteiger partial charge in [-0.05, 0) is 45.5 Å². The number of hydrogen-bond acceptors (Lipinski definition) is 4. The van der Waals surface area contributed by atoms with Gasteiger partial charge in [0.05, 0.1) is 5.56 Å². The minimum Gasteiger partial charge on any atom is -0.369 e. The molecule has 5 heteroatoms. The molecule has 21 heavy (non-hydrogen) atoms. The Morgan fingerprint density at radius 2 is 2.33 bits per heavy atom. The van der Waals surface area contributed by atoms with Gasteiger partial charge in [-0.3, -0.25) is 4.79 Å². The third kappa shape index (κ3) is 3.94. The third-order valence-corrected chi connectivity index (χ3v) is 3.79. The number of pyridine rings is 1. The first-order valence-corrected chi connectivity index (χ1v) is 7.78. The molecule has 0 radical (unpaired) electrons. The fourth-order valence-corrected chi connectivity index (χ4v) is 2.83. The second-order valence-electron chi connectivity index (χ2n) is 5.88. The number of carbonyl (C=O) groups is 1. The zero-order valence-electron chi connectivity index (χ0n) is 13.3. The number of likely N-dealkylation sites (N-methyl/N-ethyl adjacent to an activating group) is 1. The average Bonchev–Trinajstić information content (AvgIpc) is 2.92. The van der Waals surface area contributed by atoms with Crippen molar-refractivity contribution in [2.45, 2.75) is 32.2 Å². The van der Waals surface area contributed by atoms with Crippen molar-refractivity contribution in [1.82, 2.24) is 14.8 Å². The molecule has 1 aromatic rings. The van der Waals surface area contributed by atoms with Gasteiger partial charge in [0.2, 0.25) is 0 Å². The lowest BCUT2D eigenvalue weighted by Crippen LogP contribution is -2.41. The molecule has 1 aromatic heterocycles. The first kappa shape index (κ1) is 15.8. The fourth-order valence-electron chi connectivity index (χ4n) is 2.83. The molecule has 0 bridgehead atoms. The third-order valence-electron chi connectivity index (χ3n) is 3.79. The molecule has 0 saturated carbocycles. The van der Waals surface area contributed by atoms with Crippen LogP contribution in [-0.2, 0) is 0 Å². The smallest absolute Gasteiger partial charge is 0.257 e. The standard InChI is InChI=1S/C16H26N4O/c1-4-9-17-15-14(8-5-10-18-15)16(21)20-11-6-7-13(20)12-19(2)3/h5,8,10,13H,4,6-7,9,11-12H2,1-3H3,(H,17,18). The number of rotatable bonds is 6. The number of nitrogens with zero attached hydrogens (tertiary/aromatic N) is 3. The topological polar surface area (TPSA) is 48.5 Å². The van der Waals surface area contributed by atoms with Gasteiger partial charge in [0.25, 0.3) is 5.91 Å². The van der Waals surface area contributed by atoms with Crippen LogP contribution in [0, 0.1) is 0 Å². The molecule has 0 aliphatic carbocycles. The molecule has 0 aromatic carbocycles. The van der Waals surface area contributed by atoms with Crippen LogP contribution >= 0.6 is 0 Å². The van der Waals surface area contributed by atoms with E-state index in [1.807, 2.05) is 17.0 Å². The summed E-state index contributed by atoms with van der Waals surface area (Å²) >= 11 is 0. The molecule has 2 heterocycles. The lowest BCUT2D eigenvalue weighted by Gasteiger charge is -2.27. The number of hydrogen-bond donors (Lipinski definition) is 1. The Labute approximate surface area is 127 Å². The minimum atomic E-state index is 0.103. The lowest BCUT2D eigenvalue weighted by atomic mass is 10.1. The van der Waals surface area contributed by atoms with Gasteiger partial charge in [-0.25, -0.2) is 4.98 Å². The Bertz CT molecular complexity index is 475. The van der Waals surface area contributed by atoms with Crippen molar-refractivity contribution >= 4 is 11.7 Å². The molecule has 1 unspecified atom stereocenters. The predicted octanol–water partition coefficient (Wildman–Crippen LogP) is 2.07. The molecule has 1 aliphatic heterocycles. The van der Waals surface area contributed by atoms with Gasteiger partial charge < -0.3 is 15.1 Å². The van der Waals surface area contributed by atoms with E-state index in [0.29, 0.717) is 17.4 Å². The summed E-state index contributed by atoms with van der Waals surface area (Å²) in [5, 5.41) is 3.25. The van der Waals surface area contributed by atoms with E-state index in [1.54, 1.807) is 6.20 Å². The lowest BCUT2D eigenvalue weighted by molar-refractivity contribution is 0.0717. The van der Waals surface area contributed by atoms with Crippen LogP contribution < -0.4 is 5.32 Å². The number of carbonyl (C=O) groups excluding carboxylic acids is 1. The SMILES string of the molecule is CCCNc1ncccc1C(=O)N1CCCC1CN(C)C. The first-order chi connectivity index (χ1) is 10.1. The first-order valence-electron chi connectivity index (χ1n) is 7.78. The summed E-state index contributed by atoms with van der Waals surface area (Å²) in [5.41, 5.74) is 0.691. The highest BCUT2D eigenvalue weighted by atomic mass is 16.2. The number of amides is 1. The van der Waals surface area contributed by atoms with E-state index in [1.165, 1.54) is 0 Å². The quantitative estimate of drug-likeness (QED) is 0.871. The van der Waals surface area contributed by atoms with Gasteiger partial charge in [0, 0.05) is 31.9 Å². The Morgan fingerprint density at radius 1 is 1.52 bits per heavy atom. The normalized spacial score (nSPS) is 18.3. The van der Waals surface area contributed by atoms with E-state index < -0.39 is 0 Å². The van der Waals surface area contributed by atoms with Gasteiger partial charge in [-0.1, -0.05) is 6.92 Å². The Balaban J connectivity index is 2.15. The molecule has 0 spiro atoms. The van der Waals surface area contributed by atoms with Crippen molar-refractivity contribution in [2.24, 2.45) is 0 Å². The van der Waals surface area contributed by atoms with E-state index in [4.69, 9.17) is 0 Å². The molecular formula is C16H26N4O. The highest BCUT2D eigenvalue weighted by Gasteiger charge is 2.30. The zero-order chi connectivity index (χ0) is 15.2. The van der Waals surface area contributed by atoms with Crippen LogP contribution in [0.5, 0.6) is 0 Å². The van der Waals surface area contributed by atoms with Gasteiger partial charge in [0.1, 0.15) is 5.82 Å². The zero-order valence-corrected chi connectivity index (χ0v) is 13.3. The number of aromatic nitrogens is 1. The second-order valence-corrected chi connectivity index (χ2v) is 5.88. The fraction of sp³-hybridized carbons (Fsp3) is 0.625. The van der Waals surface area contributed by atoms with Gasteiger partial charge >= 0.3 is 0 Å². The van der Waals surface area contributed by atoms with Crippen molar-refractivity contribution in [1.29, 1.82) is 0 Å². The van der Waals surface area contributed by atoms with Crippen LogP contribution in [0.1, 0.15) is 36.5 Å². The molecule has 2 rings (SSSR count). The minimum absolute atomic E-state index is 0.103. The molecule has 1 N–H and O–H groups in total. The maximum atomic E-state index is 12.9. The summed E-state index contributed by atoms with van der Waals surface area (Å²) in [6, 6.07) is 4.02. The summed E-state index contributed by atoms with van der Waals surface area (Å²) < 4.78 is 0. The van der Waals surface area contributed by atoms with Crippen LogP contribution in [0.2, 0.25) is 0 Å². The van der Waals surface area contributed by atoms with E-state index in [-0.39, 0.29) is 5.91 Å². The molecule has 5 nitrogen and oxygen atoms in total. The van der Waals surface area contributed by atoms with Gasteiger partial charge in [-0.2, -0.15) is 0 Å². The van der Waals surface area contributed by atoms with Crippen LogP contribution in [0.3, 0.4) is 0 Å². The Hall–Kier alpha value is -1.62. The Kier molecular flexibility index (Phi) is 5.56. The maximum absolute atomic E-state index is 12.9. The van der Waals surface area contributed by atoms with E-state index >= 15 is 0 Å². The molecule has 1 amide bonds. The summed E-state index contributed by atoms with van der Waals surface area (Å²) in [6.07, 6.45) is 4.91. The summed E-state index contributed by atoms with van der Waals surface area (Å²) in [4.78, 5) is 21.3. The van der Waals surface area contributed by atoms with Crippen molar-refractivity contribution in [3.8, 4) is 0 Å². The summed E-state index contributed by atoms with van der Waals surface area (Å²) in [7, 11) is 4.11.